The van der Waals surface area contributed by atoms with E-state index in [0.29, 0.717) is 5.92 Å². The number of methoxy groups -OCH3 is 1. The van der Waals surface area contributed by atoms with Gasteiger partial charge in [0, 0.05) is 57.2 Å². The zero-order chi connectivity index (χ0) is 23.3. The van der Waals surface area contributed by atoms with Crippen LogP contribution in [0, 0.1) is 5.92 Å². The molecule has 0 aromatic carbocycles. The number of ether oxygens (including phenoxy) is 1. The van der Waals surface area contributed by atoms with Crippen molar-refractivity contribution in [3.63, 3.8) is 0 Å². The van der Waals surface area contributed by atoms with Crippen molar-refractivity contribution in [1.29, 1.82) is 0 Å². The summed E-state index contributed by atoms with van der Waals surface area (Å²) in [6.45, 7) is 3.62. The quantitative estimate of drug-likeness (QED) is 0.752. The molecule has 0 saturated carbocycles. The third-order valence-corrected chi connectivity index (χ3v) is 6.19. The van der Waals surface area contributed by atoms with Gasteiger partial charge in [-0.25, -0.2) is 4.79 Å². The lowest BCUT2D eigenvalue weighted by Crippen LogP contribution is -2.53. The lowest BCUT2D eigenvalue weighted by molar-refractivity contribution is -0.192. The fraction of sp³-hybridized carbons (Fsp3) is 0.591. The predicted octanol–water partition coefficient (Wildman–Crippen LogP) is 2.87. The van der Waals surface area contributed by atoms with E-state index in [4.69, 9.17) is 14.6 Å². The lowest BCUT2D eigenvalue weighted by Gasteiger charge is -2.41. The van der Waals surface area contributed by atoms with Crippen molar-refractivity contribution in [2.24, 2.45) is 5.92 Å². The Kier molecular flexibility index (Phi) is 7.89. The van der Waals surface area contributed by atoms with Gasteiger partial charge >= 0.3 is 12.1 Å². The average molecular weight is 455 g/mol. The van der Waals surface area contributed by atoms with Gasteiger partial charge < -0.3 is 14.7 Å². The molecule has 0 unspecified atom stereocenters. The van der Waals surface area contributed by atoms with E-state index in [1.54, 1.807) is 0 Å². The molecule has 3 aliphatic rings. The number of nitrogens with zero attached hydrogens (tertiary/aromatic N) is 3. The van der Waals surface area contributed by atoms with Crippen LogP contribution in [0.2, 0.25) is 0 Å². The van der Waals surface area contributed by atoms with E-state index < -0.39 is 12.1 Å². The van der Waals surface area contributed by atoms with Gasteiger partial charge in [0.1, 0.15) is 0 Å². The van der Waals surface area contributed by atoms with Crippen LogP contribution in [-0.4, -0.2) is 76.8 Å². The SMILES string of the molecule is CO[C@H]1CCN(C(=O)C2=CCCC2)[C@@H]2CN(Cc3cccnc3)C[C@H]12.O=C(O)C(F)(F)F. The first kappa shape index (κ1) is 24.2. The second kappa shape index (κ2) is 10.4. The van der Waals surface area contributed by atoms with Crippen molar-refractivity contribution < 1.29 is 32.6 Å². The van der Waals surface area contributed by atoms with Gasteiger partial charge in [0.2, 0.25) is 5.91 Å². The summed E-state index contributed by atoms with van der Waals surface area (Å²) >= 11 is 0. The average Bonchev–Trinajstić information content (AvgIpc) is 3.43. The number of carboxylic acids is 1. The van der Waals surface area contributed by atoms with Crippen molar-refractivity contribution >= 4 is 11.9 Å². The van der Waals surface area contributed by atoms with E-state index in [1.165, 1.54) is 5.56 Å². The highest BCUT2D eigenvalue weighted by atomic mass is 19.4. The summed E-state index contributed by atoms with van der Waals surface area (Å²) in [6.07, 6.45) is 5.12. The zero-order valence-electron chi connectivity index (χ0n) is 17.9. The topological polar surface area (TPSA) is 83.0 Å². The molecule has 32 heavy (non-hydrogen) atoms. The third kappa shape index (κ3) is 5.86. The third-order valence-electron chi connectivity index (χ3n) is 6.19. The molecular weight excluding hydrogens is 427 g/mol. The minimum Gasteiger partial charge on any atom is -0.475 e. The molecule has 176 valence electrons. The molecule has 10 heteroatoms. The van der Waals surface area contributed by atoms with Crippen LogP contribution in [0.1, 0.15) is 31.2 Å². The number of hydrogen-bond acceptors (Lipinski definition) is 5. The Morgan fingerprint density at radius 1 is 1.31 bits per heavy atom. The fourth-order valence-electron chi connectivity index (χ4n) is 4.71. The number of amides is 1. The summed E-state index contributed by atoms with van der Waals surface area (Å²) in [7, 11) is 1.81. The van der Waals surface area contributed by atoms with E-state index in [9.17, 15) is 18.0 Å². The number of aliphatic carboxylic acids is 1. The maximum absolute atomic E-state index is 13.0. The molecule has 0 bridgehead atoms. The van der Waals surface area contributed by atoms with Gasteiger partial charge in [0.25, 0.3) is 0 Å². The number of pyridine rings is 1. The Labute approximate surface area is 184 Å². The molecule has 2 aliphatic heterocycles. The zero-order valence-corrected chi connectivity index (χ0v) is 17.9. The van der Waals surface area contributed by atoms with E-state index >= 15 is 0 Å². The maximum Gasteiger partial charge on any atom is 0.490 e. The number of likely N-dealkylation sites (tertiary alicyclic amines) is 2. The van der Waals surface area contributed by atoms with Crippen molar-refractivity contribution in [2.75, 3.05) is 26.7 Å². The first-order valence-corrected chi connectivity index (χ1v) is 10.6. The molecule has 0 radical (unpaired) electrons. The molecule has 3 heterocycles. The number of fused-ring (bicyclic) bond motifs is 1. The van der Waals surface area contributed by atoms with Crippen LogP contribution < -0.4 is 0 Å². The van der Waals surface area contributed by atoms with E-state index in [0.717, 1.165) is 57.4 Å². The first-order chi connectivity index (χ1) is 15.2. The Bertz CT molecular complexity index is 831. The normalized spacial score (nSPS) is 25.6. The number of carboxylic acid groups (broad SMARTS) is 1. The molecule has 1 aromatic heterocycles. The molecule has 3 atom stereocenters. The van der Waals surface area contributed by atoms with Gasteiger partial charge in [0.15, 0.2) is 0 Å². The largest absolute Gasteiger partial charge is 0.490 e. The molecule has 1 aliphatic carbocycles. The number of alkyl halides is 3. The van der Waals surface area contributed by atoms with E-state index in [2.05, 4.69) is 26.9 Å². The Balaban J connectivity index is 0.000000360. The molecule has 7 nitrogen and oxygen atoms in total. The number of halogens is 3. The minimum atomic E-state index is -5.08. The minimum absolute atomic E-state index is 0.255. The number of hydrogen-bond donors (Lipinski definition) is 1. The van der Waals surface area contributed by atoms with Gasteiger partial charge in [-0.05, 0) is 37.3 Å². The van der Waals surface area contributed by atoms with E-state index in [1.807, 2.05) is 25.6 Å². The van der Waals surface area contributed by atoms with Gasteiger partial charge in [0.05, 0.1) is 12.1 Å². The van der Waals surface area contributed by atoms with Crippen LogP contribution in [0.15, 0.2) is 36.2 Å². The number of carbonyl (C=O) groups is 2. The number of rotatable bonds is 4. The molecule has 1 aromatic rings. The Hall–Kier alpha value is -2.46. The molecule has 2 fully saturated rings. The number of piperidine rings is 1. The van der Waals surface area contributed by atoms with Gasteiger partial charge in [-0.3, -0.25) is 14.7 Å². The number of aromatic nitrogens is 1. The standard InChI is InChI=1S/C20H27N3O2.C2HF3O2/c1-25-19-8-10-23(20(24)16-6-2-3-7-16)18-14-22(13-17(18)19)12-15-5-4-9-21-11-15;3-2(4,5)1(6)7/h4-6,9,11,17-19H,2-3,7-8,10,12-14H2,1H3;(H,6,7)/t17-,18+,19-;/m0./s1. The highest BCUT2D eigenvalue weighted by Crippen LogP contribution is 2.35. The molecular formula is C22H28F3N3O4. The molecule has 4 rings (SSSR count). The highest BCUT2D eigenvalue weighted by molar-refractivity contribution is 5.94. The second-order valence-electron chi connectivity index (χ2n) is 8.27. The van der Waals surface area contributed by atoms with Crippen LogP contribution in [0.5, 0.6) is 0 Å². The van der Waals surface area contributed by atoms with Crippen LogP contribution in [0.4, 0.5) is 13.2 Å². The van der Waals surface area contributed by atoms with Crippen molar-refractivity contribution in [3.8, 4) is 0 Å². The molecule has 1 amide bonds. The summed E-state index contributed by atoms with van der Waals surface area (Å²) < 4.78 is 37.5. The highest BCUT2D eigenvalue weighted by Gasteiger charge is 2.46. The predicted molar refractivity (Wildman–Crippen MR) is 110 cm³/mol. The van der Waals surface area contributed by atoms with Crippen molar-refractivity contribution in [3.05, 3.63) is 41.7 Å². The Morgan fingerprint density at radius 3 is 2.62 bits per heavy atom. The van der Waals surface area contributed by atoms with Crippen molar-refractivity contribution in [2.45, 2.75) is 50.6 Å². The molecule has 1 N–H and O–H groups in total. The van der Waals surface area contributed by atoms with Crippen molar-refractivity contribution in [1.82, 2.24) is 14.8 Å². The molecule has 0 spiro atoms. The van der Waals surface area contributed by atoms with Crippen LogP contribution >= 0.6 is 0 Å². The van der Waals surface area contributed by atoms with Gasteiger partial charge in [-0.15, -0.1) is 0 Å². The maximum atomic E-state index is 13.0. The summed E-state index contributed by atoms with van der Waals surface area (Å²) in [5.74, 6) is -2.08. The Morgan fingerprint density at radius 2 is 2.06 bits per heavy atom. The monoisotopic (exact) mass is 455 g/mol. The number of allylic oxidation sites excluding steroid dienone is 1. The summed E-state index contributed by atoms with van der Waals surface area (Å²) in [6, 6.07) is 4.37. The first-order valence-electron chi connectivity index (χ1n) is 10.6. The van der Waals surface area contributed by atoms with Gasteiger partial charge in [-0.1, -0.05) is 12.1 Å². The summed E-state index contributed by atoms with van der Waals surface area (Å²) in [5.41, 5.74) is 2.26. The second-order valence-corrected chi connectivity index (χ2v) is 8.27. The van der Waals surface area contributed by atoms with E-state index in [-0.39, 0.29) is 18.1 Å². The fourth-order valence-corrected chi connectivity index (χ4v) is 4.71. The molecule has 2 saturated heterocycles. The number of carbonyl (C=O) groups excluding carboxylic acids is 1. The summed E-state index contributed by atoms with van der Waals surface area (Å²) in [4.78, 5) is 30.7. The van der Waals surface area contributed by atoms with Crippen LogP contribution in [0.25, 0.3) is 0 Å². The summed E-state index contributed by atoms with van der Waals surface area (Å²) in [5, 5.41) is 7.12. The smallest absolute Gasteiger partial charge is 0.475 e. The van der Waals surface area contributed by atoms with Crippen LogP contribution in [0.3, 0.4) is 0 Å². The van der Waals surface area contributed by atoms with Gasteiger partial charge in [-0.2, -0.15) is 13.2 Å². The lowest BCUT2D eigenvalue weighted by atomic mass is 9.88. The van der Waals surface area contributed by atoms with Crippen LogP contribution in [-0.2, 0) is 20.9 Å².